The molecule has 1 N–H and O–H groups in total. The summed E-state index contributed by atoms with van der Waals surface area (Å²) in [5, 5.41) is 4.68. The van der Waals surface area contributed by atoms with Gasteiger partial charge in [0.15, 0.2) is 0 Å². The number of fused-ring (bicyclic) bond motifs is 3. The summed E-state index contributed by atoms with van der Waals surface area (Å²) < 4.78 is 26.6. The molecule has 0 unspecified atom stereocenters. The average molecular weight is 306 g/mol. The van der Waals surface area contributed by atoms with Crippen molar-refractivity contribution in [3.8, 4) is 10.6 Å². The van der Waals surface area contributed by atoms with Gasteiger partial charge in [0.1, 0.15) is 10.6 Å². The van der Waals surface area contributed by atoms with E-state index in [1.54, 1.807) is 20.1 Å². The highest BCUT2D eigenvalue weighted by molar-refractivity contribution is 7.93. The van der Waals surface area contributed by atoms with Gasteiger partial charge < -0.3 is 5.23 Å². The van der Waals surface area contributed by atoms with E-state index in [-0.39, 0.29) is 11.4 Å². The molecule has 0 atom stereocenters. The molecule has 0 amide bonds. The second-order valence-corrected chi connectivity index (χ2v) is 6.86. The molecule has 0 aliphatic carbocycles. The summed E-state index contributed by atoms with van der Waals surface area (Å²) in [6.07, 6.45) is 2.91. The minimum Gasteiger partial charge on any atom is -0.404 e. The van der Waals surface area contributed by atoms with Crippen LogP contribution in [0.4, 0.5) is 11.6 Å². The van der Waals surface area contributed by atoms with Crippen molar-refractivity contribution in [1.29, 1.82) is 0 Å². The largest absolute Gasteiger partial charge is 0.404 e. The minimum absolute atomic E-state index is 0.133. The number of sulfonamides is 1. The van der Waals surface area contributed by atoms with E-state index in [0.29, 0.717) is 17.3 Å². The molecule has 0 aromatic carbocycles. The van der Waals surface area contributed by atoms with Crippen LogP contribution in [0.15, 0.2) is 35.2 Å². The lowest BCUT2D eigenvalue weighted by atomic mass is 10.3. The highest BCUT2D eigenvalue weighted by Crippen LogP contribution is 2.45. The maximum absolute atomic E-state index is 12.6. The predicted molar refractivity (Wildman–Crippen MR) is 82.2 cm³/mol. The SMILES string of the molecule is BNc1ncc2c(n1)-c1sccc1N(CC=C)S2(=O)=O. The molecule has 3 rings (SSSR count). The molecule has 3 heterocycles. The zero-order valence-corrected chi connectivity index (χ0v) is 12.3. The zero-order chi connectivity index (χ0) is 14.3. The van der Waals surface area contributed by atoms with Crippen LogP contribution in [0.1, 0.15) is 0 Å². The number of nitrogens with one attached hydrogen (secondary N) is 1. The fourth-order valence-corrected chi connectivity index (χ4v) is 4.63. The Kier molecular flexibility index (Phi) is 3.02. The van der Waals surface area contributed by atoms with Gasteiger partial charge in [-0.3, -0.25) is 4.31 Å². The molecule has 0 fully saturated rings. The maximum Gasteiger partial charge on any atom is 0.268 e. The summed E-state index contributed by atoms with van der Waals surface area (Å²) in [5.74, 6) is 0.399. The molecule has 2 aromatic heterocycles. The topological polar surface area (TPSA) is 75.2 Å². The first kappa shape index (κ1) is 13.1. The van der Waals surface area contributed by atoms with Crippen LogP contribution >= 0.6 is 11.3 Å². The molecule has 0 saturated heterocycles. The van der Waals surface area contributed by atoms with E-state index in [9.17, 15) is 8.42 Å². The van der Waals surface area contributed by atoms with Crippen LogP contribution < -0.4 is 9.53 Å². The molecular formula is C11H11BN4O2S2. The van der Waals surface area contributed by atoms with Gasteiger partial charge in [0.05, 0.1) is 23.3 Å². The third-order valence-electron chi connectivity index (χ3n) is 2.97. The summed E-state index contributed by atoms with van der Waals surface area (Å²) in [5.41, 5.74) is 1.10. The molecule has 6 nitrogen and oxygen atoms in total. The van der Waals surface area contributed by atoms with Gasteiger partial charge in [0.2, 0.25) is 13.9 Å². The van der Waals surface area contributed by atoms with E-state index in [0.717, 1.165) is 4.88 Å². The van der Waals surface area contributed by atoms with Crippen molar-refractivity contribution in [2.45, 2.75) is 4.90 Å². The highest BCUT2D eigenvalue weighted by atomic mass is 32.2. The van der Waals surface area contributed by atoms with Gasteiger partial charge in [0, 0.05) is 0 Å². The molecule has 1 aliphatic heterocycles. The van der Waals surface area contributed by atoms with Crippen molar-refractivity contribution in [3.05, 3.63) is 30.3 Å². The van der Waals surface area contributed by atoms with Gasteiger partial charge >= 0.3 is 0 Å². The fourth-order valence-electron chi connectivity index (χ4n) is 2.08. The van der Waals surface area contributed by atoms with Crippen molar-refractivity contribution >= 4 is 41.0 Å². The maximum atomic E-state index is 12.6. The summed E-state index contributed by atoms with van der Waals surface area (Å²) in [6, 6.07) is 1.78. The van der Waals surface area contributed by atoms with Crippen molar-refractivity contribution in [2.75, 3.05) is 16.1 Å². The van der Waals surface area contributed by atoms with Crippen LogP contribution in [-0.2, 0) is 10.0 Å². The number of anilines is 2. The van der Waals surface area contributed by atoms with Crippen LogP contribution in [0.25, 0.3) is 10.6 Å². The van der Waals surface area contributed by atoms with Crippen LogP contribution in [-0.4, -0.2) is 32.9 Å². The second-order valence-electron chi connectivity index (χ2n) is 4.12. The minimum atomic E-state index is -3.64. The Morgan fingerprint density at radius 1 is 1.55 bits per heavy atom. The number of hydrogen-bond acceptors (Lipinski definition) is 6. The number of nitrogens with zero attached hydrogens (tertiary/aromatic N) is 3. The Balaban J connectivity index is 2.32. The molecule has 0 bridgehead atoms. The lowest BCUT2D eigenvalue weighted by molar-refractivity contribution is 0.591. The van der Waals surface area contributed by atoms with Crippen LogP contribution in [0.2, 0.25) is 0 Å². The summed E-state index contributed by atoms with van der Waals surface area (Å²) in [6.45, 7) is 3.84. The van der Waals surface area contributed by atoms with Crippen molar-refractivity contribution in [3.63, 3.8) is 0 Å². The summed E-state index contributed by atoms with van der Waals surface area (Å²) >= 11 is 1.46. The first-order valence-corrected chi connectivity index (χ1v) is 8.18. The van der Waals surface area contributed by atoms with Crippen molar-refractivity contribution < 1.29 is 8.42 Å². The van der Waals surface area contributed by atoms with Gasteiger partial charge in [-0.1, -0.05) is 6.08 Å². The summed E-state index contributed by atoms with van der Waals surface area (Å²) in [4.78, 5) is 9.26. The fraction of sp³-hybridized carbons (Fsp3) is 0.0909. The Bertz CT molecular complexity index is 787. The van der Waals surface area contributed by atoms with Crippen LogP contribution in [0, 0.1) is 0 Å². The third kappa shape index (κ3) is 1.74. The quantitative estimate of drug-likeness (QED) is 0.672. The number of aromatic nitrogens is 2. The van der Waals surface area contributed by atoms with Gasteiger partial charge in [-0.15, -0.1) is 17.9 Å². The van der Waals surface area contributed by atoms with Gasteiger partial charge in [0.25, 0.3) is 10.0 Å². The van der Waals surface area contributed by atoms with Crippen LogP contribution in [0.3, 0.4) is 0 Å². The number of rotatable bonds is 3. The first-order valence-electron chi connectivity index (χ1n) is 5.86. The molecule has 20 heavy (non-hydrogen) atoms. The average Bonchev–Trinajstić information content (AvgIpc) is 2.92. The van der Waals surface area contributed by atoms with Gasteiger partial charge in [-0.05, 0) is 11.4 Å². The Labute approximate surface area is 121 Å². The van der Waals surface area contributed by atoms with E-state index < -0.39 is 10.0 Å². The van der Waals surface area contributed by atoms with E-state index in [1.165, 1.54) is 21.8 Å². The normalized spacial score (nSPS) is 15.3. The smallest absolute Gasteiger partial charge is 0.268 e. The van der Waals surface area contributed by atoms with Gasteiger partial charge in [-0.25, -0.2) is 18.4 Å². The molecule has 9 heteroatoms. The predicted octanol–water partition coefficient (Wildman–Crippen LogP) is 0.860. The molecule has 0 saturated carbocycles. The van der Waals surface area contributed by atoms with E-state index in [4.69, 9.17) is 0 Å². The number of hydrogen-bond donors (Lipinski definition) is 1. The van der Waals surface area contributed by atoms with E-state index in [1.807, 2.05) is 5.38 Å². The Hall–Kier alpha value is -1.87. The molecule has 2 aromatic rings. The first-order chi connectivity index (χ1) is 9.59. The van der Waals surface area contributed by atoms with E-state index in [2.05, 4.69) is 21.8 Å². The molecule has 0 radical (unpaired) electrons. The zero-order valence-electron chi connectivity index (χ0n) is 10.7. The Morgan fingerprint density at radius 2 is 2.35 bits per heavy atom. The lowest BCUT2D eigenvalue weighted by Gasteiger charge is -2.28. The Morgan fingerprint density at radius 3 is 3.05 bits per heavy atom. The lowest BCUT2D eigenvalue weighted by Crippen LogP contribution is -2.34. The van der Waals surface area contributed by atoms with Crippen molar-refractivity contribution in [2.24, 2.45) is 0 Å². The highest BCUT2D eigenvalue weighted by Gasteiger charge is 2.36. The standard InChI is InChI=1S/C11H11BN4O2S2/c1-2-4-16-7-3-5-19-10(7)9-8(20(16,17)18)6-13-11(14-9)15-12/h2-3,5-6H,1,4,12H2,(H,13,14,15). The molecule has 102 valence electrons. The third-order valence-corrected chi connectivity index (χ3v) is 5.66. The molecule has 0 spiro atoms. The van der Waals surface area contributed by atoms with E-state index >= 15 is 0 Å². The summed E-state index contributed by atoms with van der Waals surface area (Å²) in [7, 11) is -1.94. The van der Waals surface area contributed by atoms with Crippen LogP contribution in [0.5, 0.6) is 0 Å². The van der Waals surface area contributed by atoms with Crippen molar-refractivity contribution in [1.82, 2.24) is 9.97 Å². The monoisotopic (exact) mass is 306 g/mol. The second kappa shape index (κ2) is 4.60. The number of thiophene rings is 1. The molecule has 1 aliphatic rings. The molecular weight excluding hydrogens is 295 g/mol. The van der Waals surface area contributed by atoms with Gasteiger partial charge in [-0.2, -0.15) is 0 Å².